The molecule has 0 saturated carbocycles. The van der Waals surface area contributed by atoms with Gasteiger partial charge in [0.2, 0.25) is 0 Å². The molecule has 0 unspecified atom stereocenters. The van der Waals surface area contributed by atoms with Crippen molar-refractivity contribution < 1.29 is 9.13 Å². The lowest BCUT2D eigenvalue weighted by molar-refractivity contribution is 0.229. The molecule has 0 aromatic heterocycles. The predicted octanol–water partition coefficient (Wildman–Crippen LogP) is 3.18. The molecule has 0 fully saturated rings. The van der Waals surface area contributed by atoms with Gasteiger partial charge in [0, 0.05) is 0 Å². The summed E-state index contributed by atoms with van der Waals surface area (Å²) in [6, 6.07) is 5.03. The summed E-state index contributed by atoms with van der Waals surface area (Å²) in [5.41, 5.74) is 0.925. The molecule has 72 valence electrons. The van der Waals surface area contributed by atoms with Crippen LogP contribution < -0.4 is 4.74 Å². The van der Waals surface area contributed by atoms with E-state index in [2.05, 4.69) is 0 Å². The van der Waals surface area contributed by atoms with E-state index in [0.29, 0.717) is 5.75 Å². The smallest absolute Gasteiger partial charge is 0.165 e. The maximum Gasteiger partial charge on any atom is 0.165 e. The number of halogens is 1. The highest BCUT2D eigenvalue weighted by molar-refractivity contribution is 5.34. The van der Waals surface area contributed by atoms with Crippen LogP contribution in [-0.4, -0.2) is 6.10 Å². The van der Waals surface area contributed by atoms with Crippen LogP contribution in [0.1, 0.15) is 26.3 Å². The third-order valence-corrected chi connectivity index (χ3v) is 1.78. The van der Waals surface area contributed by atoms with E-state index >= 15 is 0 Å². The lowest BCUT2D eigenvalue weighted by atomic mass is 10.1. The molecule has 0 aliphatic rings. The van der Waals surface area contributed by atoms with Crippen LogP contribution in [0.25, 0.3) is 0 Å². The molecule has 0 amide bonds. The van der Waals surface area contributed by atoms with E-state index in [9.17, 15) is 4.39 Å². The molecule has 1 rings (SSSR count). The number of benzene rings is 1. The molecule has 1 aromatic carbocycles. The van der Waals surface area contributed by atoms with Gasteiger partial charge >= 0.3 is 0 Å². The number of ether oxygens (including phenoxy) is 1. The molecule has 0 aliphatic heterocycles. The Morgan fingerprint density at radius 2 is 2.08 bits per heavy atom. The molecule has 0 radical (unpaired) electrons. The van der Waals surface area contributed by atoms with Crippen LogP contribution in [0.4, 0.5) is 4.39 Å². The van der Waals surface area contributed by atoms with Gasteiger partial charge in [-0.25, -0.2) is 4.39 Å². The first-order valence-corrected chi connectivity index (χ1v) is 4.59. The van der Waals surface area contributed by atoms with E-state index in [1.165, 1.54) is 6.07 Å². The molecule has 0 heterocycles. The van der Waals surface area contributed by atoms with Gasteiger partial charge in [-0.05, 0) is 31.9 Å². The van der Waals surface area contributed by atoms with Crippen LogP contribution in [0, 0.1) is 5.82 Å². The summed E-state index contributed by atoms with van der Waals surface area (Å²) in [5, 5.41) is 0. The van der Waals surface area contributed by atoms with Gasteiger partial charge < -0.3 is 4.74 Å². The van der Waals surface area contributed by atoms with Gasteiger partial charge in [-0.1, -0.05) is 19.1 Å². The lowest BCUT2D eigenvalue weighted by Gasteiger charge is -2.13. The van der Waals surface area contributed by atoms with Crippen LogP contribution >= 0.6 is 0 Å². The Balaban J connectivity index is 3.00. The van der Waals surface area contributed by atoms with Gasteiger partial charge in [0.15, 0.2) is 11.6 Å². The van der Waals surface area contributed by atoms with Crippen molar-refractivity contribution in [2.45, 2.75) is 33.3 Å². The molecule has 0 N–H and O–H groups in total. The largest absolute Gasteiger partial charge is 0.488 e. The van der Waals surface area contributed by atoms with Gasteiger partial charge in [0.1, 0.15) is 0 Å². The molecule has 0 atom stereocenters. The van der Waals surface area contributed by atoms with Crippen molar-refractivity contribution in [2.75, 3.05) is 0 Å². The zero-order valence-corrected chi connectivity index (χ0v) is 8.30. The highest BCUT2D eigenvalue weighted by atomic mass is 19.1. The Kier molecular flexibility index (Phi) is 3.29. The van der Waals surface area contributed by atoms with Gasteiger partial charge in [-0.15, -0.1) is 0 Å². The van der Waals surface area contributed by atoms with E-state index in [-0.39, 0.29) is 11.9 Å². The molecular weight excluding hydrogens is 167 g/mol. The van der Waals surface area contributed by atoms with E-state index in [1.54, 1.807) is 6.07 Å². The van der Waals surface area contributed by atoms with Crippen molar-refractivity contribution in [3.63, 3.8) is 0 Å². The van der Waals surface area contributed by atoms with E-state index in [0.717, 1.165) is 12.0 Å². The molecule has 1 nitrogen and oxygen atoms in total. The van der Waals surface area contributed by atoms with Crippen LogP contribution in [0.2, 0.25) is 0 Å². The second-order valence-corrected chi connectivity index (χ2v) is 3.25. The van der Waals surface area contributed by atoms with Crippen molar-refractivity contribution in [1.29, 1.82) is 0 Å². The maximum absolute atomic E-state index is 13.3. The summed E-state index contributed by atoms with van der Waals surface area (Å²) >= 11 is 0. The number of aryl methyl sites for hydroxylation is 1. The second kappa shape index (κ2) is 4.26. The van der Waals surface area contributed by atoms with Gasteiger partial charge in [0.25, 0.3) is 0 Å². The van der Waals surface area contributed by atoms with Gasteiger partial charge in [-0.3, -0.25) is 0 Å². The molecule has 0 spiro atoms. The monoisotopic (exact) mass is 182 g/mol. The summed E-state index contributed by atoms with van der Waals surface area (Å²) in [6.45, 7) is 5.78. The zero-order chi connectivity index (χ0) is 9.84. The fourth-order valence-electron chi connectivity index (χ4n) is 1.20. The van der Waals surface area contributed by atoms with Crippen molar-refractivity contribution in [3.8, 4) is 5.75 Å². The molecule has 2 heteroatoms. The Morgan fingerprint density at radius 3 is 2.62 bits per heavy atom. The number of para-hydroxylation sites is 1. The first kappa shape index (κ1) is 10.0. The minimum absolute atomic E-state index is 0.0159. The molecule has 1 aromatic rings. The highest BCUT2D eigenvalue weighted by Gasteiger charge is 2.09. The second-order valence-electron chi connectivity index (χ2n) is 3.25. The van der Waals surface area contributed by atoms with Crippen molar-refractivity contribution in [2.24, 2.45) is 0 Å². The summed E-state index contributed by atoms with van der Waals surface area (Å²) < 4.78 is 18.7. The Morgan fingerprint density at radius 1 is 1.38 bits per heavy atom. The number of hydrogen-bond donors (Lipinski definition) is 0. The SMILES string of the molecule is CCc1cccc(F)c1OC(C)C. The van der Waals surface area contributed by atoms with Gasteiger partial charge in [-0.2, -0.15) is 0 Å². The van der Waals surface area contributed by atoms with Crippen LogP contribution in [-0.2, 0) is 6.42 Å². The number of hydrogen-bond acceptors (Lipinski definition) is 1. The zero-order valence-electron chi connectivity index (χ0n) is 8.30. The molecule has 13 heavy (non-hydrogen) atoms. The third kappa shape index (κ3) is 2.44. The normalized spacial score (nSPS) is 10.5. The van der Waals surface area contributed by atoms with Gasteiger partial charge in [0.05, 0.1) is 6.10 Å². The first-order chi connectivity index (χ1) is 6.15. The molecular formula is C11H15FO. The molecule has 0 bridgehead atoms. The fraction of sp³-hybridized carbons (Fsp3) is 0.455. The maximum atomic E-state index is 13.3. The summed E-state index contributed by atoms with van der Waals surface area (Å²) in [6.07, 6.45) is 0.807. The van der Waals surface area contributed by atoms with E-state index in [1.807, 2.05) is 26.8 Å². The molecule has 0 aliphatic carbocycles. The average molecular weight is 182 g/mol. The minimum atomic E-state index is -0.270. The fourth-order valence-corrected chi connectivity index (χ4v) is 1.20. The quantitative estimate of drug-likeness (QED) is 0.697. The summed E-state index contributed by atoms with van der Waals surface area (Å²) in [4.78, 5) is 0. The van der Waals surface area contributed by atoms with Crippen molar-refractivity contribution in [3.05, 3.63) is 29.6 Å². The third-order valence-electron chi connectivity index (χ3n) is 1.78. The Hall–Kier alpha value is -1.05. The topological polar surface area (TPSA) is 9.23 Å². The van der Waals surface area contributed by atoms with E-state index in [4.69, 9.17) is 4.74 Å². The summed E-state index contributed by atoms with van der Waals surface area (Å²) in [5.74, 6) is 0.132. The first-order valence-electron chi connectivity index (χ1n) is 4.59. The Labute approximate surface area is 78.5 Å². The van der Waals surface area contributed by atoms with E-state index < -0.39 is 0 Å². The van der Waals surface area contributed by atoms with Crippen LogP contribution in [0.3, 0.4) is 0 Å². The molecule has 0 saturated heterocycles. The van der Waals surface area contributed by atoms with Crippen molar-refractivity contribution in [1.82, 2.24) is 0 Å². The standard InChI is InChI=1S/C11H15FO/c1-4-9-6-5-7-10(12)11(9)13-8(2)3/h5-8H,4H2,1-3H3. The highest BCUT2D eigenvalue weighted by Crippen LogP contribution is 2.23. The number of rotatable bonds is 3. The van der Waals surface area contributed by atoms with Crippen molar-refractivity contribution >= 4 is 0 Å². The summed E-state index contributed by atoms with van der Waals surface area (Å²) in [7, 11) is 0. The Bertz CT molecular complexity index is 281. The lowest BCUT2D eigenvalue weighted by Crippen LogP contribution is -2.08. The van der Waals surface area contributed by atoms with Crippen LogP contribution in [0.15, 0.2) is 18.2 Å². The van der Waals surface area contributed by atoms with Crippen LogP contribution in [0.5, 0.6) is 5.75 Å². The average Bonchev–Trinajstić information content (AvgIpc) is 2.08. The predicted molar refractivity (Wildman–Crippen MR) is 51.5 cm³/mol. The minimum Gasteiger partial charge on any atom is -0.488 e.